The van der Waals surface area contributed by atoms with Gasteiger partial charge in [0.15, 0.2) is 5.58 Å². The van der Waals surface area contributed by atoms with Gasteiger partial charge in [0.25, 0.3) is 11.1 Å². The first kappa shape index (κ1) is 19.7. The largest absolute Gasteiger partial charge is 0.431 e. The van der Waals surface area contributed by atoms with Crippen LogP contribution in [-0.2, 0) is 14.8 Å². The van der Waals surface area contributed by atoms with Gasteiger partial charge in [0.05, 0.1) is 4.90 Å². The summed E-state index contributed by atoms with van der Waals surface area (Å²) >= 11 is 1.46. The van der Waals surface area contributed by atoms with Gasteiger partial charge in [-0.15, -0.1) is 0 Å². The van der Waals surface area contributed by atoms with E-state index in [1.165, 1.54) is 29.4 Å². The molecule has 0 bridgehead atoms. The molecule has 1 heterocycles. The number of fused-ring (bicyclic) bond motifs is 1. The van der Waals surface area contributed by atoms with Gasteiger partial charge in [-0.05, 0) is 24.5 Å². The lowest BCUT2D eigenvalue weighted by atomic mass is 10.1. The van der Waals surface area contributed by atoms with E-state index in [-0.39, 0.29) is 10.8 Å². The van der Waals surface area contributed by atoms with Crippen LogP contribution in [0.25, 0.3) is 11.1 Å². The van der Waals surface area contributed by atoms with Crippen LogP contribution in [0, 0.1) is 5.92 Å². The molecule has 3 N–H and O–H groups in total. The average molecular weight is 387 g/mol. The van der Waals surface area contributed by atoms with E-state index >= 15 is 0 Å². The maximum atomic E-state index is 12.5. The van der Waals surface area contributed by atoms with Crippen LogP contribution in [0.15, 0.2) is 32.7 Å². The molecule has 10 heteroatoms. The number of nitrogens with zero attached hydrogens (tertiary/aromatic N) is 1. The molecule has 0 saturated carbocycles. The van der Waals surface area contributed by atoms with Crippen molar-refractivity contribution >= 4 is 38.8 Å². The maximum Gasteiger partial charge on any atom is 0.261 e. The van der Waals surface area contributed by atoms with Gasteiger partial charge in [0, 0.05) is 11.8 Å². The molecule has 1 atom stereocenters. The Morgan fingerprint density at radius 2 is 2.12 bits per heavy atom. The summed E-state index contributed by atoms with van der Waals surface area (Å²) in [6, 6.07) is 3.22. The first-order chi connectivity index (χ1) is 11.8. The number of rotatable bonds is 8. The van der Waals surface area contributed by atoms with Crippen molar-refractivity contribution in [3.8, 4) is 0 Å². The number of hydrogen-bond donors (Lipinski definition) is 3. The number of sulfonamides is 1. The second kappa shape index (κ2) is 8.17. The Labute approximate surface area is 150 Å². The second-order valence-electron chi connectivity index (χ2n) is 5.78. The molecule has 8 nitrogen and oxygen atoms in total. The van der Waals surface area contributed by atoms with Crippen molar-refractivity contribution in [3.63, 3.8) is 0 Å². The lowest BCUT2D eigenvalue weighted by Crippen LogP contribution is -2.48. The van der Waals surface area contributed by atoms with Crippen molar-refractivity contribution in [3.05, 3.63) is 18.2 Å². The Kier molecular flexibility index (Phi) is 6.44. The third-order valence-corrected chi connectivity index (χ3v) is 5.89. The zero-order chi connectivity index (χ0) is 18.6. The summed E-state index contributed by atoms with van der Waals surface area (Å²) in [6.07, 6.45) is 0.969. The van der Waals surface area contributed by atoms with Crippen LogP contribution < -0.4 is 10.2 Å². The molecule has 1 amide bonds. The summed E-state index contributed by atoms with van der Waals surface area (Å²) in [5.74, 6) is -0.322. The van der Waals surface area contributed by atoms with Crippen LogP contribution in [0.4, 0.5) is 0 Å². The highest BCUT2D eigenvalue weighted by Gasteiger charge is 2.28. The van der Waals surface area contributed by atoms with Crippen LogP contribution >= 0.6 is 11.8 Å². The lowest BCUT2D eigenvalue weighted by molar-refractivity contribution is -0.131. The predicted octanol–water partition coefficient (Wildman–Crippen LogP) is 2.14. The van der Waals surface area contributed by atoms with E-state index in [2.05, 4.69) is 9.71 Å². The van der Waals surface area contributed by atoms with Crippen molar-refractivity contribution in [2.24, 2.45) is 5.92 Å². The number of oxazole rings is 1. The van der Waals surface area contributed by atoms with E-state index in [1.54, 1.807) is 19.9 Å². The highest BCUT2D eigenvalue weighted by Crippen LogP contribution is 2.26. The number of carbonyl (C=O) groups excluding carboxylic acids is 1. The number of aromatic nitrogens is 1. The van der Waals surface area contributed by atoms with E-state index in [0.717, 1.165) is 12.2 Å². The fourth-order valence-corrected chi connectivity index (χ4v) is 4.15. The molecule has 0 fully saturated rings. The zero-order valence-electron chi connectivity index (χ0n) is 14.1. The minimum absolute atomic E-state index is 0.0421. The molecule has 0 aliphatic carbocycles. The number of hydroxylamine groups is 1. The van der Waals surface area contributed by atoms with E-state index in [1.807, 2.05) is 6.92 Å². The fraction of sp³-hybridized carbons (Fsp3) is 0.467. The van der Waals surface area contributed by atoms with Crippen molar-refractivity contribution in [2.45, 2.75) is 43.4 Å². The van der Waals surface area contributed by atoms with Gasteiger partial charge in [-0.3, -0.25) is 10.0 Å². The average Bonchev–Trinajstić information content (AvgIpc) is 2.98. The molecular formula is C15H21N3O5S2. The van der Waals surface area contributed by atoms with Crippen molar-refractivity contribution in [2.75, 3.05) is 5.75 Å². The van der Waals surface area contributed by atoms with Gasteiger partial charge >= 0.3 is 0 Å². The summed E-state index contributed by atoms with van der Waals surface area (Å²) in [6.45, 7) is 5.37. The van der Waals surface area contributed by atoms with Crippen LogP contribution in [0.3, 0.4) is 0 Å². The number of amides is 1. The van der Waals surface area contributed by atoms with Gasteiger partial charge in [0.2, 0.25) is 10.0 Å². The normalized spacial score (nSPS) is 13.3. The van der Waals surface area contributed by atoms with Gasteiger partial charge in [-0.1, -0.05) is 32.5 Å². The molecule has 1 aromatic heterocycles. The SMILES string of the molecule is CCCSc1nc2ccc(S(=O)(=O)N[C@@H](C(=O)NO)C(C)C)cc2o1. The van der Waals surface area contributed by atoms with E-state index in [9.17, 15) is 13.2 Å². The minimum atomic E-state index is -3.98. The Balaban J connectivity index is 2.30. The molecule has 1 aromatic carbocycles. The third kappa shape index (κ3) is 4.72. The number of nitrogens with one attached hydrogen (secondary N) is 2. The second-order valence-corrected chi connectivity index (χ2v) is 8.54. The molecule has 0 spiro atoms. The van der Waals surface area contributed by atoms with Gasteiger partial charge in [-0.2, -0.15) is 4.72 Å². The van der Waals surface area contributed by atoms with E-state index in [0.29, 0.717) is 16.3 Å². The van der Waals surface area contributed by atoms with Gasteiger partial charge in [-0.25, -0.2) is 18.9 Å². The lowest BCUT2D eigenvalue weighted by Gasteiger charge is -2.19. The molecule has 25 heavy (non-hydrogen) atoms. The topological polar surface area (TPSA) is 122 Å². The summed E-state index contributed by atoms with van der Waals surface area (Å²) in [7, 11) is -3.98. The molecule has 138 valence electrons. The summed E-state index contributed by atoms with van der Waals surface area (Å²) < 4.78 is 33.0. The quantitative estimate of drug-likeness (QED) is 0.360. The minimum Gasteiger partial charge on any atom is -0.431 e. The van der Waals surface area contributed by atoms with Crippen LogP contribution in [0.2, 0.25) is 0 Å². The number of benzene rings is 1. The molecule has 2 aromatic rings. The smallest absolute Gasteiger partial charge is 0.261 e. The highest BCUT2D eigenvalue weighted by molar-refractivity contribution is 7.99. The maximum absolute atomic E-state index is 12.5. The monoisotopic (exact) mass is 387 g/mol. The highest BCUT2D eigenvalue weighted by atomic mass is 32.2. The van der Waals surface area contributed by atoms with Crippen molar-refractivity contribution in [1.29, 1.82) is 0 Å². The van der Waals surface area contributed by atoms with E-state index < -0.39 is 22.0 Å². The standard InChI is InChI=1S/C15H21N3O5S2/c1-4-7-24-15-16-11-6-5-10(8-12(11)23-15)25(21,22)18-13(9(2)3)14(19)17-20/h5-6,8-9,13,18,20H,4,7H2,1-3H3,(H,17,19)/t13-/m1/s1. The molecule has 0 aliphatic rings. The Hall–Kier alpha value is -1.62. The zero-order valence-corrected chi connectivity index (χ0v) is 15.8. The van der Waals surface area contributed by atoms with E-state index in [4.69, 9.17) is 9.62 Å². The van der Waals surface area contributed by atoms with Crippen molar-refractivity contribution in [1.82, 2.24) is 15.2 Å². The summed E-state index contributed by atoms with van der Waals surface area (Å²) in [5.41, 5.74) is 2.39. The number of thioether (sulfide) groups is 1. The van der Waals surface area contributed by atoms with Crippen LogP contribution in [0.1, 0.15) is 27.2 Å². The van der Waals surface area contributed by atoms with Crippen LogP contribution in [0.5, 0.6) is 0 Å². The Bertz CT molecular complexity index is 848. The molecule has 0 unspecified atom stereocenters. The van der Waals surface area contributed by atoms with Gasteiger partial charge in [0.1, 0.15) is 11.6 Å². The Morgan fingerprint density at radius 3 is 2.72 bits per heavy atom. The molecule has 0 saturated heterocycles. The summed E-state index contributed by atoms with van der Waals surface area (Å²) in [5, 5.41) is 9.26. The Morgan fingerprint density at radius 1 is 1.40 bits per heavy atom. The third-order valence-electron chi connectivity index (χ3n) is 3.42. The molecular weight excluding hydrogens is 366 g/mol. The first-order valence-corrected chi connectivity index (χ1v) is 10.2. The molecule has 2 rings (SSSR count). The van der Waals surface area contributed by atoms with Crippen LogP contribution in [-0.4, -0.2) is 36.3 Å². The molecule has 0 radical (unpaired) electrons. The summed E-state index contributed by atoms with van der Waals surface area (Å²) in [4.78, 5) is 15.9. The molecule has 0 aliphatic heterocycles. The number of carbonyl (C=O) groups is 1. The fourth-order valence-electron chi connectivity index (χ4n) is 2.10. The first-order valence-electron chi connectivity index (χ1n) is 7.78. The predicted molar refractivity (Wildman–Crippen MR) is 93.9 cm³/mol. The van der Waals surface area contributed by atoms with Crippen molar-refractivity contribution < 1.29 is 22.8 Å². The van der Waals surface area contributed by atoms with Gasteiger partial charge < -0.3 is 4.42 Å². The number of hydrogen-bond acceptors (Lipinski definition) is 7.